The van der Waals surface area contributed by atoms with E-state index in [1.54, 1.807) is 11.3 Å². The predicted octanol–water partition coefficient (Wildman–Crippen LogP) is 4.22. The molecule has 1 unspecified atom stereocenters. The van der Waals surface area contributed by atoms with Crippen LogP contribution in [0.25, 0.3) is 0 Å². The highest BCUT2D eigenvalue weighted by Crippen LogP contribution is 2.31. The molecule has 1 atom stereocenters. The maximum Gasteiger partial charge on any atom is 0.201 e. The minimum Gasteiger partial charge on any atom is -0.370 e. The maximum atomic E-state index is 12.6. The lowest BCUT2D eigenvalue weighted by Gasteiger charge is -2.28. The molecule has 0 N–H and O–H groups in total. The normalized spacial score (nSPS) is 18.8. The summed E-state index contributed by atoms with van der Waals surface area (Å²) in [7, 11) is 0. The second-order valence-corrected chi connectivity index (χ2v) is 5.99. The number of carbonyl (C=O) groups is 1. The molecule has 2 rings (SSSR count). The van der Waals surface area contributed by atoms with Crippen molar-refractivity contribution in [3.8, 4) is 0 Å². The Labute approximate surface area is 113 Å². The van der Waals surface area contributed by atoms with Crippen LogP contribution in [0.2, 0.25) is 0 Å². The summed E-state index contributed by atoms with van der Waals surface area (Å²) in [5, 5.41) is 1.99. The number of ether oxygens (including phenoxy) is 1. The number of ketones is 1. The van der Waals surface area contributed by atoms with E-state index in [-0.39, 0.29) is 11.9 Å². The minimum absolute atomic E-state index is 0.205. The van der Waals surface area contributed by atoms with E-state index in [0.717, 1.165) is 23.3 Å². The second kappa shape index (κ2) is 6.48. The Hall–Kier alpha value is -0.670. The highest BCUT2D eigenvalue weighted by atomic mass is 32.1. The van der Waals surface area contributed by atoms with E-state index in [4.69, 9.17) is 4.74 Å². The summed E-state index contributed by atoms with van der Waals surface area (Å²) in [6.45, 7) is 4.61. The van der Waals surface area contributed by atoms with Crippen molar-refractivity contribution in [3.05, 3.63) is 21.9 Å². The van der Waals surface area contributed by atoms with Gasteiger partial charge in [-0.2, -0.15) is 0 Å². The standard InChI is InChI=1S/C15H22O2S/c1-3-17-14(12-7-5-4-6-8-12)13(16)15-11(2)9-10-18-15/h9-10,12,14H,3-8H2,1-2H3. The number of aryl methyl sites for hydroxylation is 1. The fourth-order valence-electron chi connectivity index (χ4n) is 2.80. The van der Waals surface area contributed by atoms with Gasteiger partial charge in [0, 0.05) is 6.61 Å². The summed E-state index contributed by atoms with van der Waals surface area (Å²) in [5.74, 6) is 0.629. The first-order valence-electron chi connectivity index (χ1n) is 6.94. The van der Waals surface area contributed by atoms with Crippen LogP contribution in [-0.4, -0.2) is 18.5 Å². The monoisotopic (exact) mass is 266 g/mol. The Morgan fingerprint density at radius 3 is 2.72 bits per heavy atom. The lowest BCUT2D eigenvalue weighted by molar-refractivity contribution is 0.0129. The minimum atomic E-state index is -0.215. The van der Waals surface area contributed by atoms with Gasteiger partial charge in [0.1, 0.15) is 6.10 Å². The molecular weight excluding hydrogens is 244 g/mol. The largest absolute Gasteiger partial charge is 0.370 e. The van der Waals surface area contributed by atoms with Crippen molar-refractivity contribution < 1.29 is 9.53 Å². The van der Waals surface area contributed by atoms with Crippen LogP contribution in [0.4, 0.5) is 0 Å². The SMILES string of the molecule is CCOC(C(=O)c1sccc1C)C1CCCCC1. The molecule has 3 heteroatoms. The van der Waals surface area contributed by atoms with Crippen LogP contribution in [0, 0.1) is 12.8 Å². The van der Waals surface area contributed by atoms with Gasteiger partial charge in [0.05, 0.1) is 4.88 Å². The molecule has 2 nitrogen and oxygen atoms in total. The van der Waals surface area contributed by atoms with Crippen LogP contribution < -0.4 is 0 Å². The molecule has 0 amide bonds. The fraction of sp³-hybridized carbons (Fsp3) is 0.667. The molecule has 1 aromatic heterocycles. The smallest absolute Gasteiger partial charge is 0.201 e. The third-order valence-corrected chi connectivity index (χ3v) is 4.80. The van der Waals surface area contributed by atoms with Crippen LogP contribution in [0.1, 0.15) is 54.3 Å². The highest BCUT2D eigenvalue weighted by molar-refractivity contribution is 7.12. The van der Waals surface area contributed by atoms with Gasteiger partial charge in [0.25, 0.3) is 0 Å². The lowest BCUT2D eigenvalue weighted by Crippen LogP contribution is -2.34. The Kier molecular flexibility index (Phi) is 4.95. The van der Waals surface area contributed by atoms with Crippen molar-refractivity contribution in [1.82, 2.24) is 0 Å². The van der Waals surface area contributed by atoms with Crippen LogP contribution in [0.15, 0.2) is 11.4 Å². The average molecular weight is 266 g/mol. The first-order chi connectivity index (χ1) is 8.74. The summed E-state index contributed by atoms with van der Waals surface area (Å²) >= 11 is 1.55. The molecule has 1 aliphatic carbocycles. The second-order valence-electron chi connectivity index (χ2n) is 5.07. The van der Waals surface area contributed by atoms with Gasteiger partial charge in [0.15, 0.2) is 0 Å². The molecule has 1 fully saturated rings. The number of carbonyl (C=O) groups excluding carboxylic acids is 1. The van der Waals surface area contributed by atoms with Gasteiger partial charge >= 0.3 is 0 Å². The fourth-order valence-corrected chi connectivity index (χ4v) is 3.69. The molecule has 100 valence electrons. The topological polar surface area (TPSA) is 26.3 Å². The Balaban J connectivity index is 2.13. The van der Waals surface area contributed by atoms with Crippen molar-refractivity contribution in [2.75, 3.05) is 6.61 Å². The highest BCUT2D eigenvalue weighted by Gasteiger charge is 2.31. The molecule has 1 aromatic rings. The summed E-state index contributed by atoms with van der Waals surface area (Å²) in [4.78, 5) is 13.5. The van der Waals surface area contributed by atoms with Gasteiger partial charge in [-0.05, 0) is 49.6 Å². The molecular formula is C15H22O2S. The van der Waals surface area contributed by atoms with Crippen molar-refractivity contribution >= 4 is 17.1 Å². The zero-order valence-electron chi connectivity index (χ0n) is 11.3. The summed E-state index contributed by atoms with van der Waals surface area (Å²) < 4.78 is 5.78. The van der Waals surface area contributed by atoms with Gasteiger partial charge < -0.3 is 4.74 Å². The third kappa shape index (κ3) is 3.01. The molecule has 1 aliphatic rings. The molecule has 0 aliphatic heterocycles. The van der Waals surface area contributed by atoms with Crippen molar-refractivity contribution in [2.45, 2.75) is 52.1 Å². The number of rotatable bonds is 5. The predicted molar refractivity (Wildman–Crippen MR) is 75.4 cm³/mol. The zero-order valence-corrected chi connectivity index (χ0v) is 12.1. The van der Waals surface area contributed by atoms with E-state index in [1.165, 1.54) is 19.3 Å². The van der Waals surface area contributed by atoms with Crippen LogP contribution in [0.5, 0.6) is 0 Å². The molecule has 0 bridgehead atoms. The number of Topliss-reactive ketones (excluding diaryl/α,β-unsaturated/α-hetero) is 1. The third-order valence-electron chi connectivity index (χ3n) is 3.77. The molecule has 0 spiro atoms. The average Bonchev–Trinajstić information content (AvgIpc) is 2.82. The molecule has 1 heterocycles. The van der Waals surface area contributed by atoms with E-state index in [2.05, 4.69) is 0 Å². The van der Waals surface area contributed by atoms with Gasteiger partial charge in [0.2, 0.25) is 5.78 Å². The maximum absolute atomic E-state index is 12.6. The quantitative estimate of drug-likeness (QED) is 0.746. The van der Waals surface area contributed by atoms with Crippen LogP contribution in [-0.2, 0) is 4.74 Å². The first kappa shape index (κ1) is 13.8. The van der Waals surface area contributed by atoms with Crippen LogP contribution >= 0.6 is 11.3 Å². The van der Waals surface area contributed by atoms with Crippen molar-refractivity contribution in [2.24, 2.45) is 5.92 Å². The van der Waals surface area contributed by atoms with Gasteiger partial charge in [-0.1, -0.05) is 19.3 Å². The molecule has 0 radical (unpaired) electrons. The van der Waals surface area contributed by atoms with E-state index in [1.807, 2.05) is 25.3 Å². The van der Waals surface area contributed by atoms with Gasteiger partial charge in [-0.3, -0.25) is 4.79 Å². The Morgan fingerprint density at radius 2 is 2.17 bits per heavy atom. The van der Waals surface area contributed by atoms with E-state index in [9.17, 15) is 4.79 Å². The lowest BCUT2D eigenvalue weighted by atomic mass is 9.83. The molecule has 0 saturated heterocycles. The Morgan fingerprint density at radius 1 is 1.44 bits per heavy atom. The van der Waals surface area contributed by atoms with E-state index in [0.29, 0.717) is 12.5 Å². The van der Waals surface area contributed by atoms with E-state index >= 15 is 0 Å². The molecule has 1 saturated carbocycles. The zero-order chi connectivity index (χ0) is 13.0. The van der Waals surface area contributed by atoms with Crippen molar-refractivity contribution in [1.29, 1.82) is 0 Å². The van der Waals surface area contributed by atoms with Gasteiger partial charge in [-0.15, -0.1) is 11.3 Å². The van der Waals surface area contributed by atoms with Gasteiger partial charge in [-0.25, -0.2) is 0 Å². The van der Waals surface area contributed by atoms with E-state index < -0.39 is 0 Å². The Bertz CT molecular complexity index is 391. The van der Waals surface area contributed by atoms with Crippen molar-refractivity contribution in [3.63, 3.8) is 0 Å². The summed E-state index contributed by atoms with van der Waals surface area (Å²) in [5.41, 5.74) is 1.09. The number of hydrogen-bond donors (Lipinski definition) is 0. The summed E-state index contributed by atoms with van der Waals surface area (Å²) in [6.07, 6.45) is 5.85. The first-order valence-corrected chi connectivity index (χ1v) is 7.82. The van der Waals surface area contributed by atoms with Crippen LogP contribution in [0.3, 0.4) is 0 Å². The summed E-state index contributed by atoms with van der Waals surface area (Å²) in [6, 6.07) is 2.02. The molecule has 0 aromatic carbocycles. The number of thiophene rings is 1. The number of hydrogen-bond acceptors (Lipinski definition) is 3. The molecule has 18 heavy (non-hydrogen) atoms.